The Bertz CT molecular complexity index is 1040. The molecular weight excluding hydrogens is 519 g/mol. The van der Waals surface area contributed by atoms with Crippen LogP contribution in [0.3, 0.4) is 0 Å². The maximum Gasteiger partial charge on any atom is 0.399 e. The van der Waals surface area contributed by atoms with Crippen LogP contribution < -0.4 is 5.32 Å². The van der Waals surface area contributed by atoms with Gasteiger partial charge in [0.15, 0.2) is 0 Å². The molecule has 1 saturated carbocycles. The van der Waals surface area contributed by atoms with Crippen LogP contribution in [0.5, 0.6) is 0 Å². The average molecular weight is 533 g/mol. The lowest BCUT2D eigenvalue weighted by Crippen LogP contribution is -2.42. The van der Waals surface area contributed by atoms with Crippen molar-refractivity contribution in [2.24, 2.45) is 0 Å². The second-order valence-electron chi connectivity index (χ2n) is 7.33. The van der Waals surface area contributed by atoms with Crippen molar-refractivity contribution < 1.29 is 26.7 Å². The summed E-state index contributed by atoms with van der Waals surface area (Å²) in [5.74, 6) is -2.82. The molecule has 32 heavy (non-hydrogen) atoms. The van der Waals surface area contributed by atoms with E-state index in [2.05, 4.69) is 5.32 Å². The van der Waals surface area contributed by atoms with Crippen LogP contribution in [-0.4, -0.2) is 24.0 Å². The van der Waals surface area contributed by atoms with Gasteiger partial charge in [0.2, 0.25) is 0 Å². The number of amides is 1. The summed E-state index contributed by atoms with van der Waals surface area (Å²) in [6.45, 7) is 0. The fraction of sp³-hybridized carbons (Fsp3) is 0.286. The second-order valence-corrected chi connectivity index (χ2v) is 8.93. The Balaban J connectivity index is 1.84. The first kappa shape index (κ1) is 25.1. The highest BCUT2D eigenvalue weighted by Gasteiger charge is 2.52. The molecule has 1 aliphatic rings. The van der Waals surface area contributed by atoms with Crippen molar-refractivity contribution in [1.82, 2.24) is 5.32 Å². The first-order valence-electron chi connectivity index (χ1n) is 9.13. The molecule has 1 aliphatic carbocycles. The number of nitrogens with one attached hydrogen (secondary N) is 1. The molecule has 1 N–H and O–H groups in total. The summed E-state index contributed by atoms with van der Waals surface area (Å²) in [5, 5.41) is 1.90. The summed E-state index contributed by atoms with van der Waals surface area (Å²) in [6, 6.07) is 6.04. The number of allylic oxidation sites excluding steroid dienone is 1. The minimum Gasteiger partial charge on any atom is -0.341 e. The van der Waals surface area contributed by atoms with E-state index in [9.17, 15) is 26.7 Å². The Morgan fingerprint density at radius 3 is 2.06 bits per heavy atom. The van der Waals surface area contributed by atoms with E-state index in [0.29, 0.717) is 0 Å². The minimum atomic E-state index is -4.66. The number of carbonyl (C=O) groups is 1. The van der Waals surface area contributed by atoms with E-state index >= 15 is 0 Å². The zero-order valence-electron chi connectivity index (χ0n) is 15.9. The van der Waals surface area contributed by atoms with Crippen LogP contribution in [0.25, 0.3) is 6.08 Å². The maximum atomic E-state index is 13.6. The van der Waals surface area contributed by atoms with Crippen LogP contribution in [-0.2, 0) is 0 Å². The smallest absolute Gasteiger partial charge is 0.341 e. The van der Waals surface area contributed by atoms with Crippen LogP contribution in [0.2, 0.25) is 20.1 Å². The van der Waals surface area contributed by atoms with Gasteiger partial charge in [-0.15, -0.1) is 0 Å². The molecule has 0 aliphatic heterocycles. The highest BCUT2D eigenvalue weighted by atomic mass is 35.5. The van der Waals surface area contributed by atoms with Gasteiger partial charge < -0.3 is 5.32 Å². The predicted molar refractivity (Wildman–Crippen MR) is 116 cm³/mol. The molecule has 1 atom stereocenters. The molecular formula is C21H14Cl4F5NO. The van der Waals surface area contributed by atoms with Gasteiger partial charge in [-0.3, -0.25) is 4.79 Å². The highest BCUT2D eigenvalue weighted by Crippen LogP contribution is 2.42. The fourth-order valence-electron chi connectivity index (χ4n) is 3.02. The minimum absolute atomic E-state index is 0.0533. The lowest BCUT2D eigenvalue weighted by Gasteiger charge is -2.18. The Morgan fingerprint density at radius 1 is 1.00 bits per heavy atom. The predicted octanol–water partition coefficient (Wildman–Crippen LogP) is 8.19. The molecule has 0 heterocycles. The largest absolute Gasteiger partial charge is 0.399 e. The van der Waals surface area contributed by atoms with Gasteiger partial charge >= 0.3 is 6.18 Å². The molecule has 0 radical (unpaired) electrons. The van der Waals surface area contributed by atoms with Gasteiger partial charge in [-0.25, -0.2) is 8.78 Å². The highest BCUT2D eigenvalue weighted by molar-refractivity contribution is 6.48. The Labute approximate surface area is 200 Å². The molecule has 1 amide bonds. The first-order chi connectivity index (χ1) is 14.8. The summed E-state index contributed by atoms with van der Waals surface area (Å²) in [6.07, 6.45) is -4.99. The SMILES string of the molecule is O=C(NC1(C(F)F)CC1)c1ccc(/C=C/C(c2cc(Cl)c(Cl)c(Cl)c2)C(F)(F)F)cc1Cl. The van der Waals surface area contributed by atoms with E-state index < -0.39 is 30.0 Å². The number of benzene rings is 2. The van der Waals surface area contributed by atoms with Crippen LogP contribution in [0, 0.1) is 0 Å². The van der Waals surface area contributed by atoms with Crippen molar-refractivity contribution in [3.63, 3.8) is 0 Å². The van der Waals surface area contributed by atoms with Gasteiger partial charge in [0, 0.05) is 0 Å². The van der Waals surface area contributed by atoms with E-state index in [4.69, 9.17) is 46.4 Å². The topological polar surface area (TPSA) is 29.1 Å². The molecule has 11 heteroatoms. The van der Waals surface area contributed by atoms with Gasteiger partial charge in [0.05, 0.1) is 31.6 Å². The van der Waals surface area contributed by atoms with Crippen molar-refractivity contribution in [2.45, 2.75) is 36.9 Å². The number of halogens is 9. The van der Waals surface area contributed by atoms with Crippen molar-refractivity contribution >= 4 is 58.4 Å². The molecule has 1 fully saturated rings. The maximum absolute atomic E-state index is 13.6. The first-order valence-corrected chi connectivity index (χ1v) is 10.6. The monoisotopic (exact) mass is 531 g/mol. The fourth-order valence-corrected chi connectivity index (χ4v) is 3.90. The lowest BCUT2D eigenvalue weighted by molar-refractivity contribution is -0.139. The number of hydrogen-bond donors (Lipinski definition) is 1. The van der Waals surface area contributed by atoms with E-state index in [1.807, 2.05) is 0 Å². The van der Waals surface area contributed by atoms with Gasteiger partial charge in [0.25, 0.3) is 12.3 Å². The summed E-state index contributed by atoms with van der Waals surface area (Å²) in [5.41, 5.74) is -1.54. The quantitative estimate of drug-likeness (QED) is 0.295. The summed E-state index contributed by atoms with van der Waals surface area (Å²) < 4.78 is 67.0. The van der Waals surface area contributed by atoms with E-state index in [1.165, 1.54) is 24.3 Å². The second kappa shape index (κ2) is 9.37. The van der Waals surface area contributed by atoms with E-state index in [-0.39, 0.29) is 49.6 Å². The molecule has 0 bridgehead atoms. The average Bonchev–Trinajstić information content (AvgIpc) is 3.46. The number of rotatable bonds is 6. The summed E-state index contributed by atoms with van der Waals surface area (Å²) >= 11 is 23.6. The van der Waals surface area contributed by atoms with Gasteiger partial charge in [0.1, 0.15) is 5.54 Å². The summed E-state index contributed by atoms with van der Waals surface area (Å²) in [4.78, 5) is 12.3. The van der Waals surface area contributed by atoms with Crippen molar-refractivity contribution in [3.8, 4) is 0 Å². The van der Waals surface area contributed by atoms with Gasteiger partial charge in [-0.2, -0.15) is 13.2 Å². The van der Waals surface area contributed by atoms with Crippen molar-refractivity contribution in [2.75, 3.05) is 0 Å². The third kappa shape index (κ3) is 5.50. The zero-order valence-corrected chi connectivity index (χ0v) is 18.9. The Morgan fingerprint density at radius 2 is 1.59 bits per heavy atom. The molecule has 3 rings (SSSR count). The molecule has 0 saturated heterocycles. The molecule has 2 nitrogen and oxygen atoms in total. The third-order valence-corrected chi connectivity index (χ3v) is 6.52. The van der Waals surface area contributed by atoms with Gasteiger partial charge in [-0.1, -0.05) is 64.6 Å². The molecule has 1 unspecified atom stereocenters. The Hall–Kier alpha value is -1.54. The van der Waals surface area contributed by atoms with E-state index in [0.717, 1.165) is 18.2 Å². The lowest BCUT2D eigenvalue weighted by atomic mass is 9.97. The van der Waals surface area contributed by atoms with Crippen LogP contribution in [0.4, 0.5) is 22.0 Å². The number of hydrogen-bond acceptors (Lipinski definition) is 1. The molecule has 2 aromatic carbocycles. The van der Waals surface area contributed by atoms with Crippen LogP contribution in [0.1, 0.15) is 40.2 Å². The molecule has 2 aromatic rings. The zero-order chi connectivity index (χ0) is 23.8. The Kier molecular flexibility index (Phi) is 7.35. The third-order valence-electron chi connectivity index (χ3n) is 5.01. The standard InChI is InChI=1S/C21H14Cl4F5NO/c22-14-7-10(1-3-12(14)18(32)31-20(5-6-20)19(26)27)2-4-13(21(28,29)30)11-8-15(23)17(25)16(24)9-11/h1-4,7-9,13,19H,5-6H2,(H,31,32)/b4-2+. The number of carbonyl (C=O) groups excluding carboxylic acids is 1. The van der Waals surface area contributed by atoms with Crippen molar-refractivity contribution in [1.29, 1.82) is 0 Å². The van der Waals surface area contributed by atoms with Crippen LogP contribution in [0.15, 0.2) is 36.4 Å². The van der Waals surface area contributed by atoms with Gasteiger partial charge in [-0.05, 0) is 48.2 Å². The summed E-state index contributed by atoms with van der Waals surface area (Å²) in [7, 11) is 0. The molecule has 172 valence electrons. The molecule has 0 aromatic heterocycles. The molecule has 0 spiro atoms. The number of alkyl halides is 5. The van der Waals surface area contributed by atoms with Crippen molar-refractivity contribution in [3.05, 3.63) is 73.2 Å². The van der Waals surface area contributed by atoms with E-state index in [1.54, 1.807) is 0 Å². The van der Waals surface area contributed by atoms with Crippen LogP contribution >= 0.6 is 46.4 Å². The normalized spacial score (nSPS) is 16.4.